The monoisotopic (exact) mass is 180 g/mol. The fourth-order valence-electron chi connectivity index (χ4n) is 1.08. The van der Waals surface area contributed by atoms with Crippen LogP contribution in [0.3, 0.4) is 0 Å². The fraction of sp³-hybridized carbons (Fsp3) is 0. The predicted octanol–water partition coefficient (Wildman–Crippen LogP) is -0.121. The third-order valence-electron chi connectivity index (χ3n) is 1.67. The van der Waals surface area contributed by atoms with Crippen molar-refractivity contribution in [2.75, 3.05) is 5.72 Å². The van der Waals surface area contributed by atoms with Crippen molar-refractivity contribution in [3.8, 4) is 0 Å². The van der Waals surface area contributed by atoms with Gasteiger partial charge in [-0.25, -0.2) is 4.85 Å². The van der Waals surface area contributed by atoms with Gasteiger partial charge in [0.25, 0.3) is 2.82 Å². The van der Waals surface area contributed by atoms with E-state index in [1.807, 2.05) is 0 Å². The van der Waals surface area contributed by atoms with E-state index in [4.69, 9.17) is 2.82 Å². The van der Waals surface area contributed by atoms with E-state index >= 15 is 0 Å². The number of benzene rings is 1. The highest BCUT2D eigenvalue weighted by Gasteiger charge is 2.09. The molecule has 66 valence electrons. The number of hydrogen-bond acceptors (Lipinski definition) is 4. The molecular formula is C7H6N4O2. The number of nitrogens with two attached hydrogens (primary N) is 1. The molecule has 0 aliphatic heterocycles. The van der Waals surface area contributed by atoms with Crippen LogP contribution in [0.25, 0.3) is 11.0 Å². The van der Waals surface area contributed by atoms with E-state index in [-0.39, 0.29) is 26.0 Å². The van der Waals surface area contributed by atoms with E-state index in [2.05, 4.69) is 5.10 Å². The number of nitrogens with zero attached hydrogens (tertiary/aromatic N) is 3. The van der Waals surface area contributed by atoms with Gasteiger partial charge in [-0.15, -0.1) is 0 Å². The highest BCUT2D eigenvalue weighted by atomic mass is 16.5. The lowest BCUT2D eigenvalue weighted by atomic mass is 10.3. The number of aromatic nitrogens is 3. The summed E-state index contributed by atoms with van der Waals surface area (Å²) in [5.74, 6) is -0.594. The van der Waals surface area contributed by atoms with Gasteiger partial charge in [0.05, 0.1) is 0 Å². The van der Waals surface area contributed by atoms with Crippen LogP contribution in [0.2, 0.25) is 2.82 Å². The number of anilines is 1. The second-order valence-corrected chi connectivity index (χ2v) is 2.46. The minimum Gasteiger partial charge on any atom is -0.778 e. The normalized spacial score (nSPS) is 12.3. The molecular weight excluding hydrogens is 172 g/mol. The smallest absolute Gasteiger partial charge is 0.451 e. The lowest BCUT2D eigenvalue weighted by molar-refractivity contribution is -0.451. The second kappa shape index (κ2) is 2.44. The van der Waals surface area contributed by atoms with Crippen LogP contribution in [0.1, 0.15) is 0 Å². The Hall–Kier alpha value is -2.11. The SMILES string of the molecule is [2H]N([2H])c1nn([O-])c2ccccc2[n+]1=O. The maximum absolute atomic E-state index is 11.5. The zero-order valence-electron chi connectivity index (χ0n) is 8.41. The molecule has 1 heterocycles. The van der Waals surface area contributed by atoms with Crippen molar-refractivity contribution in [1.82, 2.24) is 9.94 Å². The molecule has 0 radical (unpaired) electrons. The predicted molar refractivity (Wildman–Crippen MR) is 46.3 cm³/mol. The maximum atomic E-state index is 11.5. The number of rotatable bonds is 1. The summed E-state index contributed by atoms with van der Waals surface area (Å²) < 4.78 is 14.1. The summed E-state index contributed by atoms with van der Waals surface area (Å²) in [4.78, 5) is 11.8. The topological polar surface area (TPSA) is 89.9 Å². The molecule has 0 spiro atoms. The molecule has 1 aromatic carbocycles. The van der Waals surface area contributed by atoms with Crippen LogP contribution in [0.15, 0.2) is 24.3 Å². The first kappa shape index (κ1) is 5.52. The molecule has 0 saturated heterocycles. The van der Waals surface area contributed by atoms with Gasteiger partial charge >= 0.3 is 5.95 Å². The molecule has 6 nitrogen and oxygen atoms in total. The molecule has 2 N–H and O–H groups in total. The first-order chi connectivity index (χ1) is 7.11. The van der Waals surface area contributed by atoms with Crippen LogP contribution in [0, 0.1) is 10.1 Å². The van der Waals surface area contributed by atoms with Gasteiger partial charge in [0.1, 0.15) is 5.52 Å². The molecule has 1 aromatic heterocycles. The molecule has 6 heteroatoms. The van der Waals surface area contributed by atoms with Gasteiger partial charge in [0.2, 0.25) is 0 Å². The number of fused-ring (bicyclic) bond motifs is 1. The maximum Gasteiger partial charge on any atom is 0.451 e. The third kappa shape index (κ3) is 0.994. The van der Waals surface area contributed by atoms with Crippen LogP contribution < -0.4 is 10.1 Å². The Kier molecular flexibility index (Phi) is 1.04. The fourth-order valence-corrected chi connectivity index (χ4v) is 1.08. The van der Waals surface area contributed by atoms with E-state index in [1.54, 1.807) is 12.1 Å². The van der Waals surface area contributed by atoms with Crippen molar-refractivity contribution >= 4 is 17.0 Å². The molecule has 0 fully saturated rings. The summed E-state index contributed by atoms with van der Waals surface area (Å²) in [5.41, 5.74) is 0.161. The van der Waals surface area contributed by atoms with Crippen molar-refractivity contribution in [3.63, 3.8) is 0 Å². The highest BCUT2D eigenvalue weighted by Crippen LogP contribution is 2.06. The summed E-state index contributed by atoms with van der Waals surface area (Å²) in [6, 6.07) is 6.03. The quantitative estimate of drug-likeness (QED) is 0.619. The first-order valence-corrected chi connectivity index (χ1v) is 3.51. The number of hydrogen-bond donors (Lipinski definition) is 1. The summed E-state index contributed by atoms with van der Waals surface area (Å²) in [6.45, 7) is 0. The summed E-state index contributed by atoms with van der Waals surface area (Å²) in [6.07, 6.45) is 0. The Balaban J connectivity index is 2.91. The molecule has 2 rings (SSSR count). The first-order valence-electron chi connectivity index (χ1n) is 4.40. The molecule has 0 atom stereocenters. The summed E-state index contributed by atoms with van der Waals surface area (Å²) in [7, 11) is 0. The highest BCUT2D eigenvalue weighted by molar-refractivity contribution is 5.71. The van der Waals surface area contributed by atoms with Crippen molar-refractivity contribution in [2.24, 2.45) is 0 Å². The van der Waals surface area contributed by atoms with E-state index in [0.717, 1.165) is 0 Å². The Bertz CT molecular complexity index is 568. The molecule has 0 amide bonds. The van der Waals surface area contributed by atoms with Crippen molar-refractivity contribution < 1.29 is 7.25 Å². The largest absolute Gasteiger partial charge is 0.778 e. The van der Waals surface area contributed by atoms with Crippen LogP contribution in [-0.2, 0) is 0 Å². The molecule has 13 heavy (non-hydrogen) atoms. The average molecular weight is 180 g/mol. The standard InChI is InChI=1S/C7H6N4O2/c8-7-9-11(13)6-4-2-1-3-5(6)10(7)12/h1-4H,(H2,8,9)/i/hD2. The Morgan fingerprint density at radius 1 is 1.62 bits per heavy atom. The Labute approximate surface area is 75.3 Å². The van der Waals surface area contributed by atoms with Gasteiger partial charge in [0.15, 0.2) is 5.52 Å². The van der Waals surface area contributed by atoms with Crippen LogP contribution in [0.4, 0.5) is 5.95 Å². The van der Waals surface area contributed by atoms with Gasteiger partial charge in [-0.1, -0.05) is 17.0 Å². The minimum absolute atomic E-state index is 0.00611. The van der Waals surface area contributed by atoms with Gasteiger partial charge in [-0.3, -0.25) is 5.72 Å². The lowest BCUT2D eigenvalue weighted by Gasteiger charge is -2.05. The molecule has 0 aliphatic carbocycles. The van der Waals surface area contributed by atoms with Crippen LogP contribution in [0.5, 0.6) is 0 Å². The third-order valence-corrected chi connectivity index (χ3v) is 1.67. The lowest BCUT2D eigenvalue weighted by Crippen LogP contribution is -2.25. The Morgan fingerprint density at radius 2 is 2.38 bits per heavy atom. The molecule has 0 bridgehead atoms. The summed E-state index contributed by atoms with van der Waals surface area (Å²) >= 11 is 0. The Morgan fingerprint density at radius 3 is 3.15 bits per heavy atom. The molecule has 0 unspecified atom stereocenters. The van der Waals surface area contributed by atoms with Gasteiger partial charge in [-0.05, 0) is 12.1 Å². The molecule has 0 saturated carbocycles. The zero-order valence-corrected chi connectivity index (χ0v) is 6.41. The van der Waals surface area contributed by atoms with Crippen molar-refractivity contribution in [1.29, 1.82) is 0 Å². The summed E-state index contributed by atoms with van der Waals surface area (Å²) in [5, 5.41) is 14.6. The van der Waals surface area contributed by atoms with Crippen LogP contribution in [-0.4, -0.2) is 9.94 Å². The molecule has 0 aliphatic rings. The van der Waals surface area contributed by atoms with Crippen LogP contribution >= 0.6 is 0 Å². The zero-order chi connectivity index (χ0) is 11.0. The second-order valence-electron chi connectivity index (χ2n) is 2.46. The number of nitrogen functional groups attached to an aromatic ring is 1. The average Bonchev–Trinajstić information content (AvgIpc) is 2.23. The van der Waals surface area contributed by atoms with E-state index < -0.39 is 5.95 Å². The van der Waals surface area contributed by atoms with Gasteiger partial charge in [-0.2, -0.15) is 0 Å². The minimum atomic E-state index is -0.594. The van der Waals surface area contributed by atoms with E-state index in [9.17, 15) is 10.1 Å². The molecule has 2 aromatic rings. The van der Waals surface area contributed by atoms with Gasteiger partial charge < -0.3 is 5.21 Å². The number of para-hydroxylation sites is 2. The van der Waals surface area contributed by atoms with E-state index in [1.165, 1.54) is 12.1 Å². The van der Waals surface area contributed by atoms with E-state index in [0.29, 0.717) is 0 Å². The van der Waals surface area contributed by atoms with Gasteiger partial charge in [0, 0.05) is 9.53 Å². The van der Waals surface area contributed by atoms with Crippen molar-refractivity contribution in [2.45, 2.75) is 0 Å². The van der Waals surface area contributed by atoms with Crippen molar-refractivity contribution in [3.05, 3.63) is 34.4 Å².